The number of nitrogens with zero attached hydrogens (tertiary/aromatic N) is 2. The van der Waals surface area contributed by atoms with Gasteiger partial charge in [0.05, 0.1) is 6.10 Å². The minimum atomic E-state index is -0.130. The van der Waals surface area contributed by atoms with E-state index in [1.54, 1.807) is 0 Å². The van der Waals surface area contributed by atoms with Crippen molar-refractivity contribution in [3.8, 4) is 0 Å². The molecule has 22 heavy (non-hydrogen) atoms. The third-order valence-electron chi connectivity index (χ3n) is 3.86. The molecule has 0 saturated carbocycles. The smallest absolute Gasteiger partial charge is 0.263 e. The lowest BCUT2D eigenvalue weighted by molar-refractivity contribution is 0.00966. The van der Waals surface area contributed by atoms with Gasteiger partial charge < -0.3 is 14.6 Å². The van der Waals surface area contributed by atoms with Crippen LogP contribution in [0.4, 0.5) is 5.95 Å². The number of hydrogen-bond acceptors (Lipinski definition) is 5. The Hall–Kier alpha value is -1.88. The quantitative estimate of drug-likeness (QED) is 0.936. The fourth-order valence-electron chi connectivity index (χ4n) is 2.60. The average Bonchev–Trinajstić information content (AvgIpc) is 2.97. The maximum absolute atomic E-state index is 5.89. The van der Waals surface area contributed by atoms with Gasteiger partial charge in [0.2, 0.25) is 5.89 Å². The van der Waals surface area contributed by atoms with Crippen LogP contribution in [0.3, 0.4) is 0 Å². The minimum absolute atomic E-state index is 0.126. The summed E-state index contributed by atoms with van der Waals surface area (Å²) in [6, 6.07) is 10.6. The second-order valence-corrected chi connectivity index (χ2v) is 6.81. The third kappa shape index (κ3) is 3.47. The first-order valence-corrected chi connectivity index (χ1v) is 7.79. The molecule has 3 rings (SSSR count). The number of anilines is 1. The molecule has 0 bridgehead atoms. The molecule has 2 atom stereocenters. The largest absolute Gasteiger partial charge is 0.373 e. The number of rotatable bonds is 3. The van der Waals surface area contributed by atoms with Crippen LogP contribution >= 0.6 is 0 Å². The van der Waals surface area contributed by atoms with Gasteiger partial charge in [-0.2, -0.15) is 4.98 Å². The van der Waals surface area contributed by atoms with Crippen molar-refractivity contribution in [3.63, 3.8) is 0 Å². The second kappa shape index (κ2) is 6.08. The molecule has 2 heterocycles. The summed E-state index contributed by atoms with van der Waals surface area (Å²) in [5.74, 6) is 1.23. The molecule has 1 aromatic heterocycles. The summed E-state index contributed by atoms with van der Waals surface area (Å²) in [5, 5.41) is 7.41. The Kier molecular flexibility index (Phi) is 4.16. The molecule has 0 aliphatic carbocycles. The fraction of sp³-hybridized carbons (Fsp3) is 0.529. The van der Waals surface area contributed by atoms with Crippen LogP contribution in [0.15, 0.2) is 34.9 Å². The molecule has 0 radical (unpaired) electrons. The molecule has 1 aromatic carbocycles. The Morgan fingerprint density at radius 1 is 1.18 bits per heavy atom. The molecular formula is C17H23N3O2. The lowest BCUT2D eigenvalue weighted by Gasteiger charge is -2.30. The number of benzene rings is 1. The number of nitrogens with one attached hydrogen (secondary N) is 1. The molecule has 1 fully saturated rings. The van der Waals surface area contributed by atoms with E-state index in [-0.39, 0.29) is 11.5 Å². The van der Waals surface area contributed by atoms with Gasteiger partial charge in [0, 0.05) is 18.1 Å². The summed E-state index contributed by atoms with van der Waals surface area (Å²) in [6.07, 6.45) is 1.98. The molecule has 5 nitrogen and oxygen atoms in total. The topological polar surface area (TPSA) is 60.2 Å². The van der Waals surface area contributed by atoms with Crippen LogP contribution in [0.25, 0.3) is 0 Å². The van der Waals surface area contributed by atoms with Gasteiger partial charge in [0.25, 0.3) is 5.95 Å². The van der Waals surface area contributed by atoms with Crippen LogP contribution in [0, 0.1) is 0 Å². The molecule has 1 saturated heterocycles. The zero-order valence-electron chi connectivity index (χ0n) is 13.4. The molecule has 1 aliphatic rings. The fourth-order valence-corrected chi connectivity index (χ4v) is 2.60. The zero-order valence-corrected chi connectivity index (χ0v) is 13.4. The summed E-state index contributed by atoms with van der Waals surface area (Å²) < 4.78 is 11.2. The maximum Gasteiger partial charge on any atom is 0.263 e. The van der Waals surface area contributed by atoms with Gasteiger partial charge in [-0.05, 0) is 23.6 Å². The molecule has 1 N–H and O–H groups in total. The van der Waals surface area contributed by atoms with Gasteiger partial charge in [0.1, 0.15) is 0 Å². The summed E-state index contributed by atoms with van der Waals surface area (Å²) >= 11 is 0. The monoisotopic (exact) mass is 301 g/mol. The van der Waals surface area contributed by atoms with Crippen LogP contribution in [0.1, 0.15) is 51.2 Å². The first kappa shape index (κ1) is 15.0. The van der Waals surface area contributed by atoms with E-state index in [0.717, 1.165) is 19.4 Å². The standard InChI is InChI=1S/C17H23N3O2/c1-17(2,3)15-19-16(20-22-15)18-13-9-10-21-14(11-13)12-7-5-4-6-8-12/h4-8,13-14H,9-11H2,1-3H3,(H,18,20). The van der Waals surface area contributed by atoms with Crippen LogP contribution in [0.5, 0.6) is 0 Å². The van der Waals surface area contributed by atoms with Gasteiger partial charge in [-0.25, -0.2) is 0 Å². The van der Waals surface area contributed by atoms with Crippen molar-refractivity contribution in [2.45, 2.75) is 51.2 Å². The Morgan fingerprint density at radius 3 is 2.64 bits per heavy atom. The van der Waals surface area contributed by atoms with Crippen molar-refractivity contribution in [1.29, 1.82) is 0 Å². The highest BCUT2D eigenvalue weighted by Crippen LogP contribution is 2.29. The van der Waals surface area contributed by atoms with E-state index in [1.165, 1.54) is 5.56 Å². The normalized spacial score (nSPS) is 22.5. The molecule has 118 valence electrons. The van der Waals surface area contributed by atoms with Gasteiger partial charge in [-0.15, -0.1) is 0 Å². The highest BCUT2D eigenvalue weighted by Gasteiger charge is 2.26. The molecule has 0 spiro atoms. The van der Waals surface area contributed by atoms with E-state index in [4.69, 9.17) is 9.26 Å². The van der Waals surface area contributed by atoms with Gasteiger partial charge in [-0.1, -0.05) is 51.1 Å². The average molecular weight is 301 g/mol. The van der Waals surface area contributed by atoms with Crippen LogP contribution in [-0.2, 0) is 10.2 Å². The maximum atomic E-state index is 5.89. The molecule has 1 aliphatic heterocycles. The van der Waals surface area contributed by atoms with Crippen LogP contribution in [-0.4, -0.2) is 22.8 Å². The van der Waals surface area contributed by atoms with E-state index in [9.17, 15) is 0 Å². The van der Waals surface area contributed by atoms with E-state index < -0.39 is 0 Å². The van der Waals surface area contributed by atoms with Gasteiger partial charge in [0.15, 0.2) is 0 Å². The van der Waals surface area contributed by atoms with E-state index >= 15 is 0 Å². The van der Waals surface area contributed by atoms with E-state index in [1.807, 2.05) is 18.2 Å². The van der Waals surface area contributed by atoms with Crippen LogP contribution < -0.4 is 5.32 Å². The lowest BCUT2D eigenvalue weighted by Crippen LogP contribution is -2.30. The SMILES string of the molecule is CC(C)(C)c1nc(NC2CCOC(c3ccccc3)C2)no1. The number of ether oxygens (including phenoxy) is 1. The lowest BCUT2D eigenvalue weighted by atomic mass is 9.97. The summed E-state index contributed by atoms with van der Waals surface area (Å²) in [4.78, 5) is 4.44. The molecular weight excluding hydrogens is 278 g/mol. The van der Waals surface area contributed by atoms with Crippen molar-refractivity contribution >= 4 is 5.95 Å². The summed E-state index contributed by atoms with van der Waals surface area (Å²) in [5.41, 5.74) is 1.09. The summed E-state index contributed by atoms with van der Waals surface area (Å²) in [7, 11) is 0. The van der Waals surface area contributed by atoms with E-state index in [2.05, 4.69) is 48.4 Å². The van der Waals surface area contributed by atoms with Gasteiger partial charge in [-0.3, -0.25) is 0 Å². The van der Waals surface area contributed by atoms with Crippen molar-refractivity contribution < 1.29 is 9.26 Å². The Balaban J connectivity index is 1.64. The van der Waals surface area contributed by atoms with Crippen molar-refractivity contribution in [1.82, 2.24) is 10.1 Å². The van der Waals surface area contributed by atoms with Crippen molar-refractivity contribution in [2.75, 3.05) is 11.9 Å². The first-order valence-electron chi connectivity index (χ1n) is 7.79. The van der Waals surface area contributed by atoms with Gasteiger partial charge >= 0.3 is 0 Å². The molecule has 0 amide bonds. The van der Waals surface area contributed by atoms with Crippen molar-refractivity contribution in [2.24, 2.45) is 0 Å². The van der Waals surface area contributed by atoms with Crippen LogP contribution in [0.2, 0.25) is 0 Å². The minimum Gasteiger partial charge on any atom is -0.373 e. The Labute approximate surface area is 131 Å². The zero-order chi connectivity index (χ0) is 15.6. The number of aromatic nitrogens is 2. The predicted molar refractivity (Wildman–Crippen MR) is 84.8 cm³/mol. The highest BCUT2D eigenvalue weighted by atomic mass is 16.5. The first-order chi connectivity index (χ1) is 10.5. The Bertz CT molecular complexity index is 604. The Morgan fingerprint density at radius 2 is 1.95 bits per heavy atom. The third-order valence-corrected chi connectivity index (χ3v) is 3.86. The predicted octanol–water partition coefficient (Wildman–Crippen LogP) is 3.70. The molecule has 2 unspecified atom stereocenters. The molecule has 2 aromatic rings. The highest BCUT2D eigenvalue weighted by molar-refractivity contribution is 5.26. The summed E-state index contributed by atoms with van der Waals surface area (Å²) in [6.45, 7) is 6.92. The van der Waals surface area contributed by atoms with E-state index in [0.29, 0.717) is 17.9 Å². The van der Waals surface area contributed by atoms with Crippen molar-refractivity contribution in [3.05, 3.63) is 41.8 Å². The molecule has 5 heteroatoms. The number of hydrogen-bond donors (Lipinski definition) is 1. The second-order valence-electron chi connectivity index (χ2n) is 6.81.